The van der Waals surface area contributed by atoms with Crippen LogP contribution in [-0.2, 0) is 6.54 Å². The summed E-state index contributed by atoms with van der Waals surface area (Å²) in [6, 6.07) is 10.1. The highest BCUT2D eigenvalue weighted by molar-refractivity contribution is 5.37. The smallest absolute Gasteiger partial charge is 0.293 e. The molecule has 112 valence electrons. The Morgan fingerprint density at radius 3 is 2.62 bits per heavy atom. The summed E-state index contributed by atoms with van der Waals surface area (Å²) >= 11 is 0. The zero-order valence-electron chi connectivity index (χ0n) is 12.6. The predicted octanol–water partition coefficient (Wildman–Crippen LogP) is 1.79. The zero-order valence-corrected chi connectivity index (χ0v) is 12.6. The summed E-state index contributed by atoms with van der Waals surface area (Å²) in [6.07, 6.45) is 3.39. The fourth-order valence-corrected chi connectivity index (χ4v) is 2.26. The summed E-state index contributed by atoms with van der Waals surface area (Å²) in [5.41, 5.74) is 6.75. The van der Waals surface area contributed by atoms with Crippen molar-refractivity contribution in [1.82, 2.24) is 9.55 Å². The Morgan fingerprint density at radius 2 is 2.00 bits per heavy atom. The highest BCUT2D eigenvalue weighted by atomic mass is 16.1. The van der Waals surface area contributed by atoms with Crippen LogP contribution in [0.25, 0.3) is 0 Å². The second-order valence-corrected chi connectivity index (χ2v) is 5.25. The SMILES string of the molecule is CC(C)n1ccnc(N(CCN)Cc2ccccc2)c1=O. The molecule has 1 aromatic heterocycles. The van der Waals surface area contributed by atoms with Gasteiger partial charge in [0.1, 0.15) is 0 Å². The van der Waals surface area contributed by atoms with E-state index in [2.05, 4.69) is 4.98 Å². The predicted molar refractivity (Wildman–Crippen MR) is 85.4 cm³/mol. The number of hydrogen-bond acceptors (Lipinski definition) is 4. The number of benzene rings is 1. The number of rotatable bonds is 6. The minimum Gasteiger partial charge on any atom is -0.346 e. The minimum atomic E-state index is -0.0723. The maximum absolute atomic E-state index is 12.5. The van der Waals surface area contributed by atoms with Crippen molar-refractivity contribution in [2.24, 2.45) is 5.73 Å². The zero-order chi connectivity index (χ0) is 15.2. The third-order valence-electron chi connectivity index (χ3n) is 3.32. The number of hydrogen-bond donors (Lipinski definition) is 1. The van der Waals surface area contributed by atoms with Crippen molar-refractivity contribution in [2.75, 3.05) is 18.0 Å². The highest BCUT2D eigenvalue weighted by Gasteiger charge is 2.14. The van der Waals surface area contributed by atoms with Gasteiger partial charge in [-0.15, -0.1) is 0 Å². The molecule has 0 saturated heterocycles. The van der Waals surface area contributed by atoms with E-state index < -0.39 is 0 Å². The fourth-order valence-electron chi connectivity index (χ4n) is 2.26. The van der Waals surface area contributed by atoms with Crippen molar-refractivity contribution < 1.29 is 0 Å². The standard InChI is InChI=1S/C16H22N4O/c1-13(2)20-11-9-18-15(16(20)21)19(10-8-17)12-14-6-4-3-5-7-14/h3-7,9,11,13H,8,10,12,17H2,1-2H3. The summed E-state index contributed by atoms with van der Waals surface area (Å²) in [4.78, 5) is 18.7. The first-order valence-electron chi connectivity index (χ1n) is 7.19. The maximum atomic E-state index is 12.5. The van der Waals surface area contributed by atoms with Crippen molar-refractivity contribution in [3.63, 3.8) is 0 Å². The third kappa shape index (κ3) is 3.70. The van der Waals surface area contributed by atoms with Crippen LogP contribution in [0.2, 0.25) is 0 Å². The molecule has 0 radical (unpaired) electrons. The Bertz CT molecular complexity index is 622. The molecule has 0 aliphatic rings. The molecule has 0 spiro atoms. The Morgan fingerprint density at radius 1 is 1.29 bits per heavy atom. The second kappa shape index (κ2) is 7.04. The Kier molecular flexibility index (Phi) is 5.11. The average molecular weight is 286 g/mol. The first-order chi connectivity index (χ1) is 10.1. The van der Waals surface area contributed by atoms with Gasteiger partial charge in [0.2, 0.25) is 0 Å². The van der Waals surface area contributed by atoms with Gasteiger partial charge >= 0.3 is 0 Å². The summed E-state index contributed by atoms with van der Waals surface area (Å²) in [5, 5.41) is 0. The molecular formula is C16H22N4O. The van der Waals surface area contributed by atoms with Gasteiger partial charge in [0.25, 0.3) is 5.56 Å². The van der Waals surface area contributed by atoms with E-state index in [1.54, 1.807) is 17.0 Å². The second-order valence-electron chi connectivity index (χ2n) is 5.25. The van der Waals surface area contributed by atoms with Gasteiger partial charge in [-0.25, -0.2) is 4.98 Å². The lowest BCUT2D eigenvalue weighted by molar-refractivity contribution is 0.570. The Hall–Kier alpha value is -2.14. The van der Waals surface area contributed by atoms with E-state index in [1.165, 1.54) is 0 Å². The van der Waals surface area contributed by atoms with E-state index in [0.29, 0.717) is 25.5 Å². The molecule has 0 fully saturated rings. The molecule has 0 aliphatic heterocycles. The van der Waals surface area contributed by atoms with E-state index in [9.17, 15) is 4.79 Å². The molecule has 1 aromatic carbocycles. The summed E-state index contributed by atoms with van der Waals surface area (Å²) < 4.78 is 1.69. The third-order valence-corrected chi connectivity index (χ3v) is 3.32. The maximum Gasteiger partial charge on any atom is 0.293 e. The van der Waals surface area contributed by atoms with E-state index in [4.69, 9.17) is 5.73 Å². The Balaban J connectivity index is 2.34. The monoisotopic (exact) mass is 286 g/mol. The molecule has 0 saturated carbocycles. The first-order valence-corrected chi connectivity index (χ1v) is 7.19. The van der Waals surface area contributed by atoms with Crippen LogP contribution < -0.4 is 16.2 Å². The Labute approximate surface area is 125 Å². The molecule has 5 heteroatoms. The van der Waals surface area contributed by atoms with Gasteiger partial charge in [0.15, 0.2) is 5.82 Å². The number of aromatic nitrogens is 2. The van der Waals surface area contributed by atoms with Crippen molar-refractivity contribution in [1.29, 1.82) is 0 Å². The van der Waals surface area contributed by atoms with E-state index >= 15 is 0 Å². The molecule has 5 nitrogen and oxygen atoms in total. The van der Waals surface area contributed by atoms with Crippen molar-refractivity contribution in [2.45, 2.75) is 26.4 Å². The van der Waals surface area contributed by atoms with Crippen LogP contribution in [0.5, 0.6) is 0 Å². The van der Waals surface area contributed by atoms with Crippen LogP contribution in [-0.4, -0.2) is 22.6 Å². The minimum absolute atomic E-state index is 0.0723. The molecule has 0 unspecified atom stereocenters. The molecule has 2 N–H and O–H groups in total. The van der Waals surface area contributed by atoms with Crippen LogP contribution in [0, 0.1) is 0 Å². The molecule has 0 bridgehead atoms. The van der Waals surface area contributed by atoms with Gasteiger partial charge in [0, 0.05) is 38.1 Å². The van der Waals surface area contributed by atoms with E-state index in [1.807, 2.05) is 49.1 Å². The van der Waals surface area contributed by atoms with Crippen molar-refractivity contribution in [3.05, 3.63) is 58.6 Å². The largest absolute Gasteiger partial charge is 0.346 e. The van der Waals surface area contributed by atoms with E-state index in [0.717, 1.165) is 5.56 Å². The number of nitrogens with two attached hydrogens (primary N) is 1. The molecule has 0 aliphatic carbocycles. The van der Waals surface area contributed by atoms with Gasteiger partial charge in [-0.1, -0.05) is 30.3 Å². The van der Waals surface area contributed by atoms with Crippen LogP contribution in [0.1, 0.15) is 25.5 Å². The van der Waals surface area contributed by atoms with Crippen LogP contribution in [0.3, 0.4) is 0 Å². The number of nitrogens with zero attached hydrogens (tertiary/aromatic N) is 3. The van der Waals surface area contributed by atoms with Gasteiger partial charge in [-0.2, -0.15) is 0 Å². The molecule has 0 atom stereocenters. The molecule has 0 amide bonds. The first kappa shape index (κ1) is 15.3. The molecule has 1 heterocycles. The van der Waals surface area contributed by atoms with E-state index in [-0.39, 0.29) is 11.6 Å². The van der Waals surface area contributed by atoms with Gasteiger partial charge in [0.05, 0.1) is 0 Å². The molecular weight excluding hydrogens is 264 g/mol. The van der Waals surface area contributed by atoms with Gasteiger partial charge in [-0.05, 0) is 19.4 Å². The van der Waals surface area contributed by atoms with Gasteiger partial charge < -0.3 is 15.2 Å². The topological polar surface area (TPSA) is 64.2 Å². The molecule has 2 aromatic rings. The van der Waals surface area contributed by atoms with Crippen molar-refractivity contribution in [3.8, 4) is 0 Å². The summed E-state index contributed by atoms with van der Waals surface area (Å²) in [6.45, 7) is 5.66. The summed E-state index contributed by atoms with van der Waals surface area (Å²) in [7, 11) is 0. The average Bonchev–Trinajstić information content (AvgIpc) is 2.48. The lowest BCUT2D eigenvalue weighted by Gasteiger charge is -2.23. The van der Waals surface area contributed by atoms with Crippen LogP contribution >= 0.6 is 0 Å². The highest BCUT2D eigenvalue weighted by Crippen LogP contribution is 2.11. The van der Waals surface area contributed by atoms with Crippen LogP contribution in [0.15, 0.2) is 47.5 Å². The van der Waals surface area contributed by atoms with Crippen molar-refractivity contribution >= 4 is 5.82 Å². The fraction of sp³-hybridized carbons (Fsp3) is 0.375. The van der Waals surface area contributed by atoms with Gasteiger partial charge in [-0.3, -0.25) is 4.79 Å². The lowest BCUT2D eigenvalue weighted by Crippen LogP contribution is -2.36. The lowest BCUT2D eigenvalue weighted by atomic mass is 10.2. The normalized spacial score (nSPS) is 10.9. The molecule has 2 rings (SSSR count). The quantitative estimate of drug-likeness (QED) is 0.879. The molecule has 21 heavy (non-hydrogen) atoms. The summed E-state index contributed by atoms with van der Waals surface area (Å²) in [5.74, 6) is 0.459. The van der Waals surface area contributed by atoms with Crippen LogP contribution in [0.4, 0.5) is 5.82 Å². The number of anilines is 1.